The third-order valence-electron chi connectivity index (χ3n) is 4.34. The molecule has 1 aromatic rings. The zero-order chi connectivity index (χ0) is 15.4. The number of hydrogen-bond donors (Lipinski definition) is 1. The Hall–Kier alpha value is -1.43. The predicted octanol–water partition coefficient (Wildman–Crippen LogP) is 0.953. The van der Waals surface area contributed by atoms with Crippen molar-refractivity contribution in [2.24, 2.45) is 0 Å². The number of nitrogens with one attached hydrogen (secondary N) is 1. The van der Waals surface area contributed by atoms with Crippen LogP contribution in [-0.2, 0) is 11.3 Å². The van der Waals surface area contributed by atoms with E-state index >= 15 is 0 Å². The molecular formula is C17H25N3O2. The molecule has 5 heteroatoms. The normalized spacial score (nSPS) is 23.5. The molecule has 1 aromatic carbocycles. The summed E-state index contributed by atoms with van der Waals surface area (Å²) in [6, 6.07) is 8.44. The lowest BCUT2D eigenvalue weighted by Gasteiger charge is -2.32. The Bertz CT molecular complexity index is 514. The van der Waals surface area contributed by atoms with Gasteiger partial charge in [0.25, 0.3) is 5.91 Å². The van der Waals surface area contributed by atoms with Crippen molar-refractivity contribution >= 4 is 5.91 Å². The Morgan fingerprint density at radius 1 is 1.32 bits per heavy atom. The van der Waals surface area contributed by atoms with Crippen LogP contribution in [0.4, 0.5) is 0 Å². The van der Waals surface area contributed by atoms with Gasteiger partial charge in [-0.25, -0.2) is 0 Å². The monoisotopic (exact) mass is 303 g/mol. The van der Waals surface area contributed by atoms with Gasteiger partial charge in [-0.2, -0.15) is 0 Å². The summed E-state index contributed by atoms with van der Waals surface area (Å²) in [6.45, 7) is 9.00. The fourth-order valence-electron chi connectivity index (χ4n) is 3.12. The number of morpholine rings is 1. The van der Waals surface area contributed by atoms with E-state index in [1.807, 2.05) is 23.1 Å². The fraction of sp³-hybridized carbons (Fsp3) is 0.588. The van der Waals surface area contributed by atoms with Gasteiger partial charge in [0.1, 0.15) is 0 Å². The molecule has 2 aliphatic heterocycles. The number of nitrogens with zero attached hydrogens (tertiary/aromatic N) is 2. The topological polar surface area (TPSA) is 44.8 Å². The maximum atomic E-state index is 12.7. The molecular weight excluding hydrogens is 278 g/mol. The number of benzene rings is 1. The quantitative estimate of drug-likeness (QED) is 0.903. The number of hydrogen-bond acceptors (Lipinski definition) is 4. The second-order valence-electron chi connectivity index (χ2n) is 6.20. The van der Waals surface area contributed by atoms with Gasteiger partial charge >= 0.3 is 0 Å². The van der Waals surface area contributed by atoms with Crippen molar-refractivity contribution in [3.63, 3.8) is 0 Å². The summed E-state index contributed by atoms with van der Waals surface area (Å²) in [7, 11) is 0. The van der Waals surface area contributed by atoms with Gasteiger partial charge in [-0.05, 0) is 24.6 Å². The largest absolute Gasteiger partial charge is 0.379 e. The molecule has 0 aromatic heterocycles. The second-order valence-corrected chi connectivity index (χ2v) is 6.20. The molecule has 2 fully saturated rings. The maximum absolute atomic E-state index is 12.7. The molecule has 22 heavy (non-hydrogen) atoms. The van der Waals surface area contributed by atoms with Crippen LogP contribution in [0.5, 0.6) is 0 Å². The first-order valence-electron chi connectivity index (χ1n) is 8.14. The Morgan fingerprint density at radius 2 is 2.14 bits per heavy atom. The highest BCUT2D eigenvalue weighted by molar-refractivity contribution is 5.94. The van der Waals surface area contributed by atoms with Gasteiger partial charge in [-0.1, -0.05) is 12.1 Å². The van der Waals surface area contributed by atoms with Gasteiger partial charge < -0.3 is 15.0 Å². The number of amides is 1. The van der Waals surface area contributed by atoms with Crippen LogP contribution in [0.1, 0.15) is 22.8 Å². The van der Waals surface area contributed by atoms with Crippen LogP contribution < -0.4 is 5.32 Å². The fourth-order valence-corrected chi connectivity index (χ4v) is 3.12. The lowest BCUT2D eigenvalue weighted by atomic mass is 10.1. The van der Waals surface area contributed by atoms with E-state index in [0.29, 0.717) is 6.04 Å². The van der Waals surface area contributed by atoms with E-state index < -0.39 is 0 Å². The molecule has 2 heterocycles. The summed E-state index contributed by atoms with van der Waals surface area (Å²) in [5.74, 6) is 0.150. The SMILES string of the molecule is CC1CN(C(=O)c2cccc(CN3CCOCC3)c2)CCN1. The van der Waals surface area contributed by atoms with Gasteiger partial charge in [-0.15, -0.1) is 0 Å². The van der Waals surface area contributed by atoms with E-state index in [1.54, 1.807) is 0 Å². The lowest BCUT2D eigenvalue weighted by Crippen LogP contribution is -2.51. The van der Waals surface area contributed by atoms with Crippen LogP contribution in [0, 0.1) is 0 Å². The van der Waals surface area contributed by atoms with Crippen molar-refractivity contribution in [3.05, 3.63) is 35.4 Å². The molecule has 0 bridgehead atoms. The van der Waals surface area contributed by atoms with Gasteiger partial charge in [-0.3, -0.25) is 9.69 Å². The first kappa shape index (κ1) is 15.5. The number of piperazine rings is 1. The Kier molecular flexibility index (Phi) is 5.08. The zero-order valence-corrected chi connectivity index (χ0v) is 13.3. The van der Waals surface area contributed by atoms with Gasteiger partial charge in [0.05, 0.1) is 13.2 Å². The first-order chi connectivity index (χ1) is 10.7. The molecule has 2 saturated heterocycles. The molecule has 1 atom stereocenters. The third-order valence-corrected chi connectivity index (χ3v) is 4.34. The van der Waals surface area contributed by atoms with Gasteiger partial charge in [0, 0.05) is 50.9 Å². The molecule has 0 aliphatic carbocycles. The number of ether oxygens (including phenoxy) is 1. The summed E-state index contributed by atoms with van der Waals surface area (Å²) >= 11 is 0. The Labute approximate surface area is 132 Å². The zero-order valence-electron chi connectivity index (χ0n) is 13.3. The summed E-state index contributed by atoms with van der Waals surface area (Å²) in [6.07, 6.45) is 0. The molecule has 1 N–H and O–H groups in total. The predicted molar refractivity (Wildman–Crippen MR) is 85.9 cm³/mol. The molecule has 2 aliphatic rings. The van der Waals surface area contributed by atoms with Crippen molar-refractivity contribution in [2.45, 2.75) is 19.5 Å². The molecule has 0 radical (unpaired) electrons. The summed E-state index contributed by atoms with van der Waals surface area (Å²) in [5, 5.41) is 3.37. The lowest BCUT2D eigenvalue weighted by molar-refractivity contribution is 0.0341. The average molecular weight is 303 g/mol. The van der Waals surface area contributed by atoms with Crippen LogP contribution in [0.2, 0.25) is 0 Å². The molecule has 120 valence electrons. The number of rotatable bonds is 3. The van der Waals surface area contributed by atoms with E-state index in [0.717, 1.165) is 58.0 Å². The average Bonchev–Trinajstić information content (AvgIpc) is 2.55. The van der Waals surface area contributed by atoms with E-state index in [2.05, 4.69) is 23.2 Å². The van der Waals surface area contributed by atoms with Crippen LogP contribution >= 0.6 is 0 Å². The number of carbonyl (C=O) groups is 1. The van der Waals surface area contributed by atoms with Crippen LogP contribution in [0.25, 0.3) is 0 Å². The Morgan fingerprint density at radius 3 is 2.91 bits per heavy atom. The van der Waals surface area contributed by atoms with Crippen molar-refractivity contribution in [1.29, 1.82) is 0 Å². The van der Waals surface area contributed by atoms with Gasteiger partial charge in [0.15, 0.2) is 0 Å². The van der Waals surface area contributed by atoms with Crippen molar-refractivity contribution in [3.8, 4) is 0 Å². The summed E-state index contributed by atoms with van der Waals surface area (Å²) < 4.78 is 5.38. The van der Waals surface area contributed by atoms with Crippen LogP contribution in [-0.4, -0.2) is 67.7 Å². The van der Waals surface area contributed by atoms with E-state index in [1.165, 1.54) is 5.56 Å². The minimum atomic E-state index is 0.150. The van der Waals surface area contributed by atoms with Crippen molar-refractivity contribution in [2.75, 3.05) is 45.9 Å². The van der Waals surface area contributed by atoms with E-state index in [9.17, 15) is 4.79 Å². The summed E-state index contributed by atoms with van der Waals surface area (Å²) in [5.41, 5.74) is 2.01. The third kappa shape index (κ3) is 3.85. The minimum absolute atomic E-state index is 0.150. The maximum Gasteiger partial charge on any atom is 0.253 e. The standard InChI is InChI=1S/C17H25N3O2/c1-14-12-20(6-5-18-14)17(21)16-4-2-3-15(11-16)13-19-7-9-22-10-8-19/h2-4,11,14,18H,5-10,12-13H2,1H3. The molecule has 1 unspecified atom stereocenters. The molecule has 0 spiro atoms. The van der Waals surface area contributed by atoms with Crippen molar-refractivity contribution in [1.82, 2.24) is 15.1 Å². The molecule has 5 nitrogen and oxygen atoms in total. The highest BCUT2D eigenvalue weighted by atomic mass is 16.5. The Balaban J connectivity index is 1.66. The molecule has 3 rings (SSSR count). The van der Waals surface area contributed by atoms with E-state index in [-0.39, 0.29) is 5.91 Å². The first-order valence-corrected chi connectivity index (χ1v) is 8.14. The highest BCUT2D eigenvalue weighted by Gasteiger charge is 2.22. The summed E-state index contributed by atoms with van der Waals surface area (Å²) in [4.78, 5) is 17.0. The number of carbonyl (C=O) groups excluding carboxylic acids is 1. The van der Waals surface area contributed by atoms with E-state index in [4.69, 9.17) is 4.74 Å². The van der Waals surface area contributed by atoms with Gasteiger partial charge in [0.2, 0.25) is 0 Å². The highest BCUT2D eigenvalue weighted by Crippen LogP contribution is 2.13. The van der Waals surface area contributed by atoms with Crippen LogP contribution in [0.15, 0.2) is 24.3 Å². The minimum Gasteiger partial charge on any atom is -0.379 e. The molecule has 0 saturated carbocycles. The second kappa shape index (κ2) is 7.22. The van der Waals surface area contributed by atoms with Crippen molar-refractivity contribution < 1.29 is 9.53 Å². The van der Waals surface area contributed by atoms with Crippen LogP contribution in [0.3, 0.4) is 0 Å². The smallest absolute Gasteiger partial charge is 0.253 e. The molecule has 1 amide bonds.